The third-order valence-corrected chi connectivity index (χ3v) is 4.27. The lowest BCUT2D eigenvalue weighted by atomic mass is 9.87. The molecule has 1 aromatic rings. The summed E-state index contributed by atoms with van der Waals surface area (Å²) in [6, 6.07) is 4.24. The van der Waals surface area contributed by atoms with Gasteiger partial charge in [0.2, 0.25) is 0 Å². The van der Waals surface area contributed by atoms with E-state index in [0.717, 1.165) is 38.8 Å². The van der Waals surface area contributed by atoms with E-state index in [1.54, 1.807) is 11.3 Å². The van der Waals surface area contributed by atoms with E-state index >= 15 is 0 Å². The van der Waals surface area contributed by atoms with Gasteiger partial charge in [-0.2, -0.15) is 0 Å². The maximum atomic E-state index is 10.4. The Morgan fingerprint density at radius 3 is 2.80 bits per heavy atom. The van der Waals surface area contributed by atoms with Crippen LogP contribution in [0.3, 0.4) is 0 Å². The van der Waals surface area contributed by atoms with Gasteiger partial charge in [-0.05, 0) is 44.2 Å². The molecule has 1 aromatic heterocycles. The maximum absolute atomic E-state index is 10.4. The van der Waals surface area contributed by atoms with E-state index in [9.17, 15) is 5.11 Å². The van der Waals surface area contributed by atoms with Gasteiger partial charge in [0.25, 0.3) is 0 Å². The van der Waals surface area contributed by atoms with Gasteiger partial charge in [0.15, 0.2) is 0 Å². The summed E-state index contributed by atoms with van der Waals surface area (Å²) in [5.74, 6) is 0. The molecule has 15 heavy (non-hydrogen) atoms. The van der Waals surface area contributed by atoms with Crippen molar-refractivity contribution in [3.05, 3.63) is 22.4 Å². The first-order chi connectivity index (χ1) is 7.18. The maximum Gasteiger partial charge on any atom is 0.0675 e. The van der Waals surface area contributed by atoms with Gasteiger partial charge in [-0.15, -0.1) is 11.3 Å². The highest BCUT2D eigenvalue weighted by Crippen LogP contribution is 2.27. The Labute approximate surface area is 95.5 Å². The molecule has 2 rings (SSSR count). The summed E-state index contributed by atoms with van der Waals surface area (Å²) in [7, 11) is 2.12. The average molecular weight is 225 g/mol. The highest BCUT2D eigenvalue weighted by Gasteiger charge is 2.30. The zero-order valence-electron chi connectivity index (χ0n) is 9.28. The van der Waals surface area contributed by atoms with Crippen molar-refractivity contribution in [2.75, 3.05) is 20.1 Å². The third kappa shape index (κ3) is 3.03. The molecule has 1 aliphatic heterocycles. The summed E-state index contributed by atoms with van der Waals surface area (Å²) in [5, 5.41) is 12.5. The Balaban J connectivity index is 1.83. The molecule has 0 aromatic carbocycles. The van der Waals surface area contributed by atoms with Gasteiger partial charge in [0.05, 0.1) is 5.60 Å². The van der Waals surface area contributed by atoms with E-state index in [1.165, 1.54) is 4.88 Å². The minimum absolute atomic E-state index is 0.406. The van der Waals surface area contributed by atoms with Crippen LogP contribution in [0.1, 0.15) is 24.1 Å². The molecular weight excluding hydrogens is 206 g/mol. The van der Waals surface area contributed by atoms with Crippen LogP contribution in [0.15, 0.2) is 17.5 Å². The summed E-state index contributed by atoms with van der Waals surface area (Å²) in [6.45, 7) is 2.06. The number of nitrogens with zero attached hydrogens (tertiary/aromatic N) is 1. The predicted molar refractivity (Wildman–Crippen MR) is 64.3 cm³/mol. The Morgan fingerprint density at radius 2 is 2.20 bits per heavy atom. The second-order valence-electron chi connectivity index (χ2n) is 4.61. The van der Waals surface area contributed by atoms with Crippen molar-refractivity contribution in [1.29, 1.82) is 0 Å². The van der Waals surface area contributed by atoms with Gasteiger partial charge in [0.1, 0.15) is 0 Å². The summed E-state index contributed by atoms with van der Waals surface area (Å²) >= 11 is 1.79. The topological polar surface area (TPSA) is 23.5 Å². The van der Waals surface area contributed by atoms with Gasteiger partial charge in [-0.25, -0.2) is 0 Å². The van der Waals surface area contributed by atoms with Crippen molar-refractivity contribution in [3.8, 4) is 0 Å². The van der Waals surface area contributed by atoms with Crippen LogP contribution < -0.4 is 0 Å². The highest BCUT2D eigenvalue weighted by molar-refractivity contribution is 7.09. The number of aliphatic hydroxyl groups is 1. The number of hydrogen-bond donors (Lipinski definition) is 1. The number of aryl methyl sites for hydroxylation is 1. The average Bonchev–Trinajstić information content (AvgIpc) is 2.73. The van der Waals surface area contributed by atoms with E-state index in [1.807, 2.05) is 0 Å². The number of rotatable bonds is 3. The molecule has 84 valence electrons. The zero-order valence-corrected chi connectivity index (χ0v) is 10.1. The molecule has 0 aliphatic carbocycles. The van der Waals surface area contributed by atoms with Crippen LogP contribution in [-0.2, 0) is 6.42 Å². The molecule has 0 atom stereocenters. The van der Waals surface area contributed by atoms with Crippen molar-refractivity contribution in [3.63, 3.8) is 0 Å². The molecular formula is C12H19NOS. The van der Waals surface area contributed by atoms with E-state index in [4.69, 9.17) is 0 Å². The lowest BCUT2D eigenvalue weighted by Gasteiger charge is -2.36. The molecule has 2 nitrogen and oxygen atoms in total. The Morgan fingerprint density at radius 1 is 1.47 bits per heavy atom. The highest BCUT2D eigenvalue weighted by atomic mass is 32.1. The fourth-order valence-electron chi connectivity index (χ4n) is 2.10. The van der Waals surface area contributed by atoms with Crippen molar-refractivity contribution >= 4 is 11.3 Å². The van der Waals surface area contributed by atoms with E-state index in [0.29, 0.717) is 0 Å². The van der Waals surface area contributed by atoms with Crippen molar-refractivity contribution in [2.24, 2.45) is 0 Å². The van der Waals surface area contributed by atoms with E-state index in [-0.39, 0.29) is 0 Å². The summed E-state index contributed by atoms with van der Waals surface area (Å²) in [4.78, 5) is 3.68. The number of likely N-dealkylation sites (tertiary alicyclic amines) is 1. The largest absolute Gasteiger partial charge is 0.390 e. The van der Waals surface area contributed by atoms with Gasteiger partial charge in [-0.1, -0.05) is 6.07 Å². The molecule has 0 spiro atoms. The molecule has 3 heteroatoms. The molecule has 1 saturated heterocycles. The molecule has 0 saturated carbocycles. The SMILES string of the molecule is CN1CCC(O)(CCc2cccs2)CC1. The zero-order chi connectivity index (χ0) is 10.7. The standard InChI is InChI=1S/C12H19NOS/c1-13-8-6-12(14,7-9-13)5-4-11-3-2-10-15-11/h2-3,10,14H,4-9H2,1H3. The van der Waals surface area contributed by atoms with Crippen LogP contribution in [0.5, 0.6) is 0 Å². The first-order valence-corrected chi connectivity index (χ1v) is 6.49. The first-order valence-electron chi connectivity index (χ1n) is 5.61. The molecule has 0 unspecified atom stereocenters. The number of thiophene rings is 1. The predicted octanol–water partition coefficient (Wildman–Crippen LogP) is 2.14. The first kappa shape index (κ1) is 11.1. The molecule has 0 radical (unpaired) electrons. The smallest absolute Gasteiger partial charge is 0.0675 e. The van der Waals surface area contributed by atoms with Crippen LogP contribution in [0.2, 0.25) is 0 Å². The lowest BCUT2D eigenvalue weighted by Crippen LogP contribution is -2.42. The molecule has 1 aliphatic rings. The van der Waals surface area contributed by atoms with Crippen molar-refractivity contribution < 1.29 is 5.11 Å². The third-order valence-electron chi connectivity index (χ3n) is 3.33. The van der Waals surface area contributed by atoms with Crippen LogP contribution in [0, 0.1) is 0 Å². The Kier molecular flexibility index (Phi) is 3.44. The monoisotopic (exact) mass is 225 g/mol. The summed E-state index contributed by atoms with van der Waals surface area (Å²) in [5.41, 5.74) is -0.406. The van der Waals surface area contributed by atoms with Crippen molar-refractivity contribution in [1.82, 2.24) is 4.90 Å². The molecule has 1 fully saturated rings. The Bertz CT molecular complexity index is 289. The second kappa shape index (κ2) is 4.64. The van der Waals surface area contributed by atoms with Crippen molar-refractivity contribution in [2.45, 2.75) is 31.3 Å². The molecule has 1 N–H and O–H groups in total. The summed E-state index contributed by atoms with van der Waals surface area (Å²) in [6.07, 6.45) is 3.79. The summed E-state index contributed by atoms with van der Waals surface area (Å²) < 4.78 is 0. The van der Waals surface area contributed by atoms with Gasteiger partial charge >= 0.3 is 0 Å². The number of piperidine rings is 1. The van der Waals surface area contributed by atoms with Crippen LogP contribution >= 0.6 is 11.3 Å². The van der Waals surface area contributed by atoms with Gasteiger partial charge in [0, 0.05) is 18.0 Å². The van der Waals surface area contributed by atoms with Gasteiger partial charge in [-0.3, -0.25) is 0 Å². The van der Waals surface area contributed by atoms with E-state index < -0.39 is 5.60 Å². The minimum Gasteiger partial charge on any atom is -0.390 e. The number of hydrogen-bond acceptors (Lipinski definition) is 3. The Hall–Kier alpha value is -0.380. The fraction of sp³-hybridized carbons (Fsp3) is 0.667. The second-order valence-corrected chi connectivity index (χ2v) is 5.64. The van der Waals surface area contributed by atoms with Crippen LogP contribution in [0.4, 0.5) is 0 Å². The van der Waals surface area contributed by atoms with E-state index in [2.05, 4.69) is 29.5 Å². The molecule has 2 heterocycles. The van der Waals surface area contributed by atoms with Gasteiger partial charge < -0.3 is 10.0 Å². The molecule has 0 amide bonds. The quantitative estimate of drug-likeness (QED) is 0.852. The fourth-order valence-corrected chi connectivity index (χ4v) is 2.80. The molecule has 0 bridgehead atoms. The van der Waals surface area contributed by atoms with Crippen LogP contribution in [-0.4, -0.2) is 35.7 Å². The lowest BCUT2D eigenvalue weighted by molar-refractivity contribution is -0.0218. The normalized spacial score (nSPS) is 21.7. The minimum atomic E-state index is -0.406. The van der Waals surface area contributed by atoms with Crippen LogP contribution in [0.25, 0.3) is 0 Å².